The molecule has 1 aliphatic rings. The second-order valence-corrected chi connectivity index (χ2v) is 9.95. The van der Waals surface area contributed by atoms with E-state index in [1.807, 2.05) is 33.0 Å². The lowest BCUT2D eigenvalue weighted by molar-refractivity contribution is -0.123. The molecule has 7 nitrogen and oxygen atoms in total. The quantitative estimate of drug-likeness (QED) is 0.255. The average molecular weight is 529 g/mol. The molecule has 7 heteroatoms. The number of hydrogen-bond acceptors (Lipinski definition) is 7. The van der Waals surface area contributed by atoms with E-state index < -0.39 is 5.97 Å². The van der Waals surface area contributed by atoms with Crippen molar-refractivity contribution >= 4 is 28.4 Å². The number of nitrogens with zero attached hydrogens (tertiary/aromatic N) is 4. The molecule has 1 aliphatic heterocycles. The molecule has 1 aromatic heterocycles. The number of hydrogen-bond donors (Lipinski definition) is 0. The molecule has 0 atom stereocenters. The molecular weight excluding hydrogens is 488 g/mol. The van der Waals surface area contributed by atoms with Gasteiger partial charge in [-0.1, -0.05) is 31.2 Å². The van der Waals surface area contributed by atoms with Crippen LogP contribution in [0.3, 0.4) is 0 Å². The number of aryl methyl sites for hydroxylation is 3. The molecule has 206 valence electrons. The van der Waals surface area contributed by atoms with Crippen LogP contribution in [-0.4, -0.2) is 47.7 Å². The Hall–Kier alpha value is -3.71. The number of carbonyl (C=O) groups excluding carboxylic acids is 1. The van der Waals surface area contributed by atoms with E-state index in [-0.39, 0.29) is 0 Å². The maximum atomic E-state index is 13.9. The molecule has 0 spiro atoms. The summed E-state index contributed by atoms with van der Waals surface area (Å²) < 4.78 is 6.12. The fraction of sp³-hybridized carbons (Fsp3) is 0.406. The van der Waals surface area contributed by atoms with Gasteiger partial charge in [0.25, 0.3) is 0 Å². The Balaban J connectivity index is 1.88. The molecule has 4 rings (SSSR count). The van der Waals surface area contributed by atoms with Gasteiger partial charge in [0, 0.05) is 36.8 Å². The maximum Gasteiger partial charge on any atom is 0.361 e. The summed E-state index contributed by atoms with van der Waals surface area (Å²) in [5.41, 5.74) is 5.10. The Bertz CT molecular complexity index is 1330. The van der Waals surface area contributed by atoms with Crippen LogP contribution in [0, 0.1) is 12.8 Å². The number of aromatic nitrogens is 2. The molecule has 0 unspecified atom stereocenters. The third-order valence-corrected chi connectivity index (χ3v) is 7.54. The molecule has 0 N–H and O–H groups in total. The number of anilines is 2. The zero-order chi connectivity index (χ0) is 27.9. The fourth-order valence-corrected chi connectivity index (χ4v) is 5.23. The number of allylic oxidation sites excluding steroid dienone is 2. The summed E-state index contributed by atoms with van der Waals surface area (Å²) in [6.07, 6.45) is 9.48. The van der Waals surface area contributed by atoms with Crippen molar-refractivity contribution in [2.75, 3.05) is 31.6 Å². The van der Waals surface area contributed by atoms with Crippen LogP contribution >= 0.6 is 0 Å². The molecule has 0 aliphatic carbocycles. The number of carbonyl (C=O) groups is 1. The van der Waals surface area contributed by atoms with Crippen molar-refractivity contribution < 1.29 is 14.4 Å². The smallest absolute Gasteiger partial charge is 0.361 e. The monoisotopic (exact) mass is 528 g/mol. The van der Waals surface area contributed by atoms with E-state index in [0.29, 0.717) is 49.8 Å². The van der Waals surface area contributed by atoms with Crippen LogP contribution in [0.25, 0.3) is 10.9 Å². The average Bonchev–Trinajstić information content (AvgIpc) is 2.97. The normalized spacial score (nSPS) is 14.3. The molecule has 2 heterocycles. The zero-order valence-electron chi connectivity index (χ0n) is 23.7. The first-order valence-corrected chi connectivity index (χ1v) is 13.9. The van der Waals surface area contributed by atoms with Crippen LogP contribution in [-0.2, 0) is 17.7 Å². The Morgan fingerprint density at radius 2 is 1.87 bits per heavy atom. The lowest BCUT2D eigenvalue weighted by Crippen LogP contribution is -2.35. The summed E-state index contributed by atoms with van der Waals surface area (Å²) in [5, 5.41) is 2.60. The number of piperidine rings is 1. The fourth-order valence-electron chi connectivity index (χ4n) is 5.23. The molecule has 1 saturated heterocycles. The highest BCUT2D eigenvalue weighted by Gasteiger charge is 2.30. The second-order valence-electron chi connectivity index (χ2n) is 9.95. The molecule has 3 aromatic rings. The van der Waals surface area contributed by atoms with Crippen LogP contribution in [0.2, 0.25) is 0 Å². The van der Waals surface area contributed by atoms with Crippen LogP contribution in [0.5, 0.6) is 5.75 Å². The maximum absolute atomic E-state index is 13.9. The number of rotatable bonds is 11. The second kappa shape index (κ2) is 12.9. The van der Waals surface area contributed by atoms with E-state index in [0.717, 1.165) is 52.8 Å². The van der Waals surface area contributed by atoms with Crippen LogP contribution in [0.1, 0.15) is 60.2 Å². The van der Waals surface area contributed by atoms with Gasteiger partial charge in [-0.2, -0.15) is 0 Å². The van der Waals surface area contributed by atoms with E-state index in [9.17, 15) is 4.79 Å². The predicted molar refractivity (Wildman–Crippen MR) is 158 cm³/mol. The summed E-state index contributed by atoms with van der Waals surface area (Å²) in [7, 11) is 1.99. The van der Waals surface area contributed by atoms with E-state index in [1.54, 1.807) is 11.4 Å². The lowest BCUT2D eigenvalue weighted by atomic mass is 9.93. The number of hydroxylamine groups is 2. The minimum absolute atomic E-state index is 0.413. The van der Waals surface area contributed by atoms with Crippen molar-refractivity contribution in [2.24, 2.45) is 5.92 Å². The highest BCUT2D eigenvalue weighted by Crippen LogP contribution is 2.41. The summed E-state index contributed by atoms with van der Waals surface area (Å²) in [6.45, 7) is 15.6. The summed E-state index contributed by atoms with van der Waals surface area (Å²) >= 11 is 0. The third-order valence-electron chi connectivity index (χ3n) is 7.54. The molecule has 0 radical (unpaired) electrons. The molecule has 0 saturated carbocycles. The van der Waals surface area contributed by atoms with Gasteiger partial charge in [0.1, 0.15) is 23.5 Å². The van der Waals surface area contributed by atoms with Gasteiger partial charge in [0.15, 0.2) is 0 Å². The largest absolute Gasteiger partial charge is 0.493 e. The van der Waals surface area contributed by atoms with Crippen molar-refractivity contribution in [3.63, 3.8) is 0 Å². The molecule has 39 heavy (non-hydrogen) atoms. The third kappa shape index (κ3) is 5.98. The minimum atomic E-state index is -0.413. The van der Waals surface area contributed by atoms with Crippen LogP contribution in [0.4, 0.5) is 11.5 Å². The van der Waals surface area contributed by atoms with Gasteiger partial charge in [-0.15, -0.1) is 18.2 Å². The highest BCUT2D eigenvalue weighted by molar-refractivity contribution is 6.06. The van der Waals surface area contributed by atoms with Gasteiger partial charge in [-0.05, 0) is 75.1 Å². The van der Waals surface area contributed by atoms with Gasteiger partial charge in [-0.25, -0.2) is 14.8 Å². The molecule has 0 amide bonds. The number of ether oxygens (including phenoxy) is 1. The highest BCUT2D eigenvalue weighted by atomic mass is 16.7. The minimum Gasteiger partial charge on any atom is -0.493 e. The van der Waals surface area contributed by atoms with Crippen molar-refractivity contribution in [3.05, 3.63) is 78.2 Å². The zero-order valence-corrected chi connectivity index (χ0v) is 23.7. The lowest BCUT2D eigenvalue weighted by Gasteiger charge is -2.30. The molecule has 0 bridgehead atoms. The first-order valence-electron chi connectivity index (χ1n) is 13.9. The Kier molecular flexibility index (Phi) is 9.36. The van der Waals surface area contributed by atoms with E-state index in [4.69, 9.17) is 14.6 Å². The molecule has 1 fully saturated rings. The van der Waals surface area contributed by atoms with Crippen LogP contribution in [0.15, 0.2) is 55.9 Å². The van der Waals surface area contributed by atoms with E-state index >= 15 is 0 Å². The SMILES string of the molecule is C=CCCc1c(C(=O)ON2CCC(C=C)CC2)c(OCC)c(C)c2ncnc(N(C)c3ccc(CC)cc3)c12. The summed E-state index contributed by atoms with van der Waals surface area (Å²) in [6, 6.07) is 8.45. The van der Waals surface area contributed by atoms with Crippen molar-refractivity contribution in [1.29, 1.82) is 0 Å². The Labute approximate surface area is 232 Å². The van der Waals surface area contributed by atoms with Crippen molar-refractivity contribution in [3.8, 4) is 5.75 Å². The van der Waals surface area contributed by atoms with Crippen molar-refractivity contribution in [2.45, 2.75) is 52.9 Å². The van der Waals surface area contributed by atoms with Gasteiger partial charge < -0.3 is 14.5 Å². The van der Waals surface area contributed by atoms with Gasteiger partial charge >= 0.3 is 5.97 Å². The summed E-state index contributed by atoms with van der Waals surface area (Å²) in [4.78, 5) is 31.4. The Morgan fingerprint density at radius 3 is 2.49 bits per heavy atom. The molecule has 2 aromatic carbocycles. The molecular formula is C32H40N4O3. The summed E-state index contributed by atoms with van der Waals surface area (Å²) in [5.74, 6) is 1.29. The van der Waals surface area contributed by atoms with Crippen molar-refractivity contribution in [1.82, 2.24) is 15.0 Å². The first kappa shape index (κ1) is 28.3. The predicted octanol–water partition coefficient (Wildman–Crippen LogP) is 6.76. The van der Waals surface area contributed by atoms with Crippen LogP contribution < -0.4 is 9.64 Å². The van der Waals surface area contributed by atoms with Gasteiger partial charge in [0.2, 0.25) is 0 Å². The van der Waals surface area contributed by atoms with Gasteiger partial charge in [0.05, 0.1) is 12.1 Å². The first-order chi connectivity index (χ1) is 18.9. The van der Waals surface area contributed by atoms with E-state index in [1.165, 1.54) is 5.56 Å². The standard InChI is InChI=1S/C32H40N4O3/c1-7-11-12-26-27-29(33-21-34-31(27)35(6)25-15-13-23(8-2)14-16-25)22(5)30(38-10-4)28(26)32(37)39-36-19-17-24(9-3)18-20-36/h7,9,13-16,21,24H,1,3,8,10-12,17-20H2,2,4-6H3. The Morgan fingerprint density at radius 1 is 1.15 bits per heavy atom. The van der Waals surface area contributed by atoms with Gasteiger partial charge in [-0.3, -0.25) is 0 Å². The topological polar surface area (TPSA) is 67.8 Å². The van der Waals surface area contributed by atoms with E-state index in [2.05, 4.69) is 54.2 Å². The number of benzene rings is 2. The number of fused-ring (bicyclic) bond motifs is 1.